The van der Waals surface area contributed by atoms with Crippen molar-refractivity contribution in [1.82, 2.24) is 9.78 Å². The molecule has 0 aliphatic heterocycles. The van der Waals surface area contributed by atoms with Crippen molar-refractivity contribution in [3.63, 3.8) is 0 Å². The quantitative estimate of drug-likeness (QED) is 0.251. The van der Waals surface area contributed by atoms with Crippen LogP contribution >= 0.6 is 0 Å². The van der Waals surface area contributed by atoms with Crippen LogP contribution < -0.4 is 19.5 Å². The molecular weight excluding hydrogens is 478 g/mol. The first kappa shape index (κ1) is 24.1. The highest BCUT2D eigenvalue weighted by Gasteiger charge is 2.16. The second-order valence-electron chi connectivity index (χ2n) is 7.29. The number of non-ortho nitro benzene ring substituents is 1. The molecule has 0 fully saturated rings. The number of nitrogens with zero attached hydrogens (tertiary/aromatic N) is 3. The van der Waals surface area contributed by atoms with Gasteiger partial charge in [0.1, 0.15) is 23.1 Å². The van der Waals surface area contributed by atoms with Crippen LogP contribution in [-0.2, 0) is 6.73 Å². The van der Waals surface area contributed by atoms with Gasteiger partial charge in [-0.1, -0.05) is 0 Å². The number of benzene rings is 3. The van der Waals surface area contributed by atoms with Gasteiger partial charge in [0.05, 0.1) is 23.8 Å². The van der Waals surface area contributed by atoms with Crippen LogP contribution in [0, 0.1) is 21.7 Å². The molecule has 184 valence electrons. The molecule has 0 aliphatic rings. The van der Waals surface area contributed by atoms with Crippen molar-refractivity contribution in [2.75, 3.05) is 12.4 Å². The topological polar surface area (TPSA) is 118 Å². The van der Waals surface area contributed by atoms with E-state index in [0.717, 1.165) is 12.1 Å². The molecule has 1 aromatic heterocycles. The molecule has 1 amide bonds. The molecule has 0 saturated heterocycles. The summed E-state index contributed by atoms with van der Waals surface area (Å²) in [5, 5.41) is 18.0. The fourth-order valence-corrected chi connectivity index (χ4v) is 3.08. The van der Waals surface area contributed by atoms with E-state index in [-0.39, 0.29) is 35.3 Å². The number of nitro benzene ring substituents is 1. The Morgan fingerprint density at radius 1 is 1.03 bits per heavy atom. The molecule has 4 aromatic rings. The molecule has 1 N–H and O–H groups in total. The SMILES string of the molecule is COc1ccc(Oc2cc(NC(=O)c3ccn(COc4ccc(F)cc4F)n3)cc([N+](=O)[O-])c2)cc1. The third kappa shape index (κ3) is 5.91. The smallest absolute Gasteiger partial charge is 0.276 e. The number of nitrogens with one attached hydrogen (secondary N) is 1. The predicted molar refractivity (Wildman–Crippen MR) is 123 cm³/mol. The van der Waals surface area contributed by atoms with Crippen LogP contribution in [0.5, 0.6) is 23.0 Å². The zero-order chi connectivity index (χ0) is 25.7. The van der Waals surface area contributed by atoms with E-state index in [1.54, 1.807) is 24.3 Å². The number of carbonyl (C=O) groups excluding carboxylic acids is 1. The van der Waals surface area contributed by atoms with Crippen LogP contribution in [0.3, 0.4) is 0 Å². The molecule has 0 bridgehead atoms. The van der Waals surface area contributed by atoms with Crippen LogP contribution in [0.1, 0.15) is 10.5 Å². The van der Waals surface area contributed by atoms with Gasteiger partial charge in [-0.05, 0) is 42.5 Å². The summed E-state index contributed by atoms with van der Waals surface area (Å²) in [6, 6.07) is 14.7. The molecule has 1 heterocycles. The maximum Gasteiger partial charge on any atom is 0.276 e. The third-order valence-corrected chi connectivity index (χ3v) is 4.77. The summed E-state index contributed by atoms with van der Waals surface area (Å²) in [4.78, 5) is 23.4. The van der Waals surface area contributed by atoms with Crippen molar-refractivity contribution in [1.29, 1.82) is 0 Å². The lowest BCUT2D eigenvalue weighted by atomic mass is 10.2. The molecular formula is C24H18F2N4O6. The van der Waals surface area contributed by atoms with Gasteiger partial charge in [-0.3, -0.25) is 14.9 Å². The molecule has 0 spiro atoms. The number of ether oxygens (including phenoxy) is 3. The Morgan fingerprint density at radius 3 is 2.47 bits per heavy atom. The number of aromatic nitrogens is 2. The fraction of sp³-hybridized carbons (Fsp3) is 0.0833. The number of methoxy groups -OCH3 is 1. The summed E-state index contributed by atoms with van der Waals surface area (Å²) in [6.45, 7) is -0.244. The number of anilines is 1. The minimum absolute atomic E-state index is 0.0256. The minimum atomic E-state index is -0.876. The molecule has 36 heavy (non-hydrogen) atoms. The molecule has 0 atom stereocenters. The van der Waals surface area contributed by atoms with Crippen molar-refractivity contribution < 1.29 is 32.7 Å². The number of amides is 1. The molecule has 3 aromatic carbocycles. The number of rotatable bonds is 9. The van der Waals surface area contributed by atoms with Gasteiger partial charge in [-0.2, -0.15) is 5.10 Å². The Labute approximate surface area is 202 Å². The Morgan fingerprint density at radius 2 is 1.78 bits per heavy atom. The maximum absolute atomic E-state index is 13.7. The largest absolute Gasteiger partial charge is 0.497 e. The van der Waals surface area contributed by atoms with Gasteiger partial charge < -0.3 is 19.5 Å². The lowest BCUT2D eigenvalue weighted by Gasteiger charge is -2.09. The highest BCUT2D eigenvalue weighted by Crippen LogP contribution is 2.30. The summed E-state index contributed by atoms with van der Waals surface area (Å²) in [6.07, 6.45) is 1.42. The third-order valence-electron chi connectivity index (χ3n) is 4.77. The first-order valence-electron chi connectivity index (χ1n) is 10.3. The summed E-state index contributed by atoms with van der Waals surface area (Å²) < 4.78 is 44.0. The highest BCUT2D eigenvalue weighted by molar-refractivity contribution is 6.03. The first-order chi connectivity index (χ1) is 17.3. The van der Waals surface area contributed by atoms with Gasteiger partial charge >= 0.3 is 0 Å². The molecule has 4 rings (SSSR count). The van der Waals surface area contributed by atoms with Crippen molar-refractivity contribution in [2.24, 2.45) is 0 Å². The molecule has 0 saturated carbocycles. The average Bonchev–Trinajstić information content (AvgIpc) is 3.33. The summed E-state index contributed by atoms with van der Waals surface area (Å²) in [7, 11) is 1.52. The van der Waals surface area contributed by atoms with Gasteiger partial charge in [0.25, 0.3) is 11.6 Å². The number of hydrogen-bond donors (Lipinski definition) is 1. The Kier molecular flexibility index (Phi) is 7.04. The standard InChI is InChI=1S/C24H18F2N4O6/c1-34-18-3-5-19(6-4-18)36-20-12-16(11-17(13-20)30(32)33)27-24(31)22-8-9-29(28-22)14-35-23-7-2-15(25)10-21(23)26/h2-13H,14H2,1H3,(H,27,31). The normalized spacial score (nSPS) is 10.5. The van der Waals surface area contributed by atoms with Crippen LogP contribution in [0.2, 0.25) is 0 Å². The highest BCUT2D eigenvalue weighted by atomic mass is 19.1. The second kappa shape index (κ2) is 10.5. The van der Waals surface area contributed by atoms with Gasteiger partial charge in [0.15, 0.2) is 24.0 Å². The lowest BCUT2D eigenvalue weighted by Crippen LogP contribution is -2.14. The van der Waals surface area contributed by atoms with Crippen LogP contribution in [0.4, 0.5) is 20.2 Å². The lowest BCUT2D eigenvalue weighted by molar-refractivity contribution is -0.384. The summed E-state index contributed by atoms with van der Waals surface area (Å²) >= 11 is 0. The summed E-state index contributed by atoms with van der Waals surface area (Å²) in [5.74, 6) is -1.30. The van der Waals surface area contributed by atoms with Gasteiger partial charge in [-0.15, -0.1) is 0 Å². The molecule has 10 nitrogen and oxygen atoms in total. The summed E-state index contributed by atoms with van der Waals surface area (Å²) in [5.41, 5.74) is -0.212. The molecule has 12 heteroatoms. The zero-order valence-electron chi connectivity index (χ0n) is 18.7. The van der Waals surface area contributed by atoms with E-state index in [4.69, 9.17) is 14.2 Å². The first-order valence-corrected chi connectivity index (χ1v) is 10.3. The fourth-order valence-electron chi connectivity index (χ4n) is 3.08. The van der Waals surface area contributed by atoms with Crippen molar-refractivity contribution in [3.05, 3.63) is 100 Å². The van der Waals surface area contributed by atoms with E-state index < -0.39 is 22.5 Å². The van der Waals surface area contributed by atoms with Gasteiger partial charge in [0, 0.05) is 24.4 Å². The van der Waals surface area contributed by atoms with Crippen molar-refractivity contribution in [2.45, 2.75) is 6.73 Å². The second-order valence-corrected chi connectivity index (χ2v) is 7.29. The predicted octanol–water partition coefficient (Wildman–Crippen LogP) is 5.16. The molecule has 0 aliphatic carbocycles. The number of halogens is 2. The number of nitro groups is 1. The van der Waals surface area contributed by atoms with Gasteiger partial charge in [0.2, 0.25) is 0 Å². The minimum Gasteiger partial charge on any atom is -0.497 e. The van der Waals surface area contributed by atoms with E-state index >= 15 is 0 Å². The van der Waals surface area contributed by atoms with Crippen molar-refractivity contribution in [3.8, 4) is 23.0 Å². The Bertz CT molecular complexity index is 1410. The monoisotopic (exact) mass is 496 g/mol. The Balaban J connectivity index is 1.45. The van der Waals surface area contributed by atoms with E-state index in [1.807, 2.05) is 0 Å². The van der Waals surface area contributed by atoms with Crippen LogP contribution in [-0.4, -0.2) is 27.7 Å². The van der Waals surface area contributed by atoms with E-state index in [9.17, 15) is 23.7 Å². The van der Waals surface area contributed by atoms with Crippen LogP contribution in [0.25, 0.3) is 0 Å². The zero-order valence-corrected chi connectivity index (χ0v) is 18.7. The van der Waals surface area contributed by atoms with Crippen LogP contribution in [0.15, 0.2) is 72.9 Å². The number of hydrogen-bond acceptors (Lipinski definition) is 7. The molecule has 0 radical (unpaired) electrons. The van der Waals surface area contributed by atoms with Crippen molar-refractivity contribution >= 4 is 17.3 Å². The Hall–Kier alpha value is -5.00. The van der Waals surface area contributed by atoms with E-state index in [1.165, 1.54) is 42.3 Å². The maximum atomic E-state index is 13.7. The van der Waals surface area contributed by atoms with Gasteiger partial charge in [-0.25, -0.2) is 13.5 Å². The average molecular weight is 496 g/mol. The number of carbonyl (C=O) groups is 1. The van der Waals surface area contributed by atoms with E-state index in [2.05, 4.69) is 10.4 Å². The van der Waals surface area contributed by atoms with E-state index in [0.29, 0.717) is 17.6 Å². The molecule has 0 unspecified atom stereocenters.